The highest BCUT2D eigenvalue weighted by molar-refractivity contribution is 6.23. The van der Waals surface area contributed by atoms with Crippen molar-refractivity contribution in [2.45, 2.75) is 0 Å². The van der Waals surface area contributed by atoms with Gasteiger partial charge in [0.25, 0.3) is 0 Å². The van der Waals surface area contributed by atoms with Crippen LogP contribution < -0.4 is 0 Å². The average molecular weight is 778 g/mol. The number of nitrogens with zero attached hydrogens (tertiary/aromatic N) is 5. The summed E-state index contributed by atoms with van der Waals surface area (Å²) in [7, 11) is 0. The van der Waals surface area contributed by atoms with Crippen LogP contribution in [0.15, 0.2) is 193 Å². The summed E-state index contributed by atoms with van der Waals surface area (Å²) < 4.78 is 6.27. The van der Waals surface area contributed by atoms with Crippen LogP contribution >= 0.6 is 0 Å². The van der Waals surface area contributed by atoms with E-state index in [4.69, 9.17) is 24.4 Å². The summed E-state index contributed by atoms with van der Waals surface area (Å²) in [6.07, 6.45) is 1.87. The first-order chi connectivity index (χ1) is 30.1. The number of benzene rings is 9. The van der Waals surface area contributed by atoms with Crippen molar-refractivity contribution in [2.75, 3.05) is 0 Å². The normalized spacial score (nSPS) is 11.6. The van der Waals surface area contributed by atoms with Gasteiger partial charge in [-0.25, -0.2) is 15.0 Å². The van der Waals surface area contributed by atoms with E-state index in [1.165, 1.54) is 0 Å². The van der Waals surface area contributed by atoms with Crippen LogP contribution in [-0.2, 0) is 0 Å². The summed E-state index contributed by atoms with van der Waals surface area (Å²) in [4.78, 5) is 20.2. The molecule has 3 aromatic heterocycles. The van der Waals surface area contributed by atoms with Crippen molar-refractivity contribution >= 4 is 65.2 Å². The van der Waals surface area contributed by atoms with Crippen LogP contribution in [0.3, 0.4) is 0 Å². The second-order valence-electron chi connectivity index (χ2n) is 15.3. The summed E-state index contributed by atoms with van der Waals surface area (Å²) in [6, 6.07) is 64.7. The monoisotopic (exact) mass is 777 g/mol. The third-order valence-corrected chi connectivity index (χ3v) is 11.7. The molecule has 0 aliphatic carbocycles. The van der Waals surface area contributed by atoms with Crippen LogP contribution in [0.1, 0.15) is 5.56 Å². The number of para-hydroxylation sites is 1. The molecule has 0 aliphatic heterocycles. The smallest absolute Gasteiger partial charge is 0.164 e. The van der Waals surface area contributed by atoms with Crippen LogP contribution in [-0.4, -0.2) is 19.9 Å². The number of nitriles is 1. The summed E-state index contributed by atoms with van der Waals surface area (Å²) in [5.41, 5.74) is 10.2. The Bertz CT molecular complexity index is 3790. The highest BCUT2D eigenvalue weighted by Gasteiger charge is 2.18. The molecule has 12 rings (SSSR count). The standard InChI is InChI=1S/C55H31N5O/c56-32-33-19-20-36-27-38(22-21-35(36)26-33)47-31-48-42-15-5-4-14-41(42)46(30-49(48)45-17-9-25-57-52(45)47)37-12-8-13-39(28-37)54-58-53(34-10-2-1-3-11-34)59-55(60-54)40-23-24-44-43-16-6-7-18-50(43)61-51(44)29-40/h1-31H. The van der Waals surface area contributed by atoms with Gasteiger partial charge in [-0.1, -0.05) is 121 Å². The van der Waals surface area contributed by atoms with E-state index >= 15 is 0 Å². The molecular formula is C55H31N5O. The number of pyridine rings is 1. The van der Waals surface area contributed by atoms with Crippen molar-refractivity contribution in [3.8, 4) is 62.5 Å². The van der Waals surface area contributed by atoms with Gasteiger partial charge < -0.3 is 4.42 Å². The van der Waals surface area contributed by atoms with E-state index < -0.39 is 0 Å². The molecule has 0 N–H and O–H groups in total. The molecule has 6 nitrogen and oxygen atoms in total. The minimum Gasteiger partial charge on any atom is -0.456 e. The van der Waals surface area contributed by atoms with Crippen LogP contribution in [0.25, 0.3) is 122 Å². The molecule has 0 saturated carbocycles. The van der Waals surface area contributed by atoms with E-state index in [0.29, 0.717) is 23.0 Å². The topological polar surface area (TPSA) is 88.5 Å². The van der Waals surface area contributed by atoms with E-state index in [0.717, 1.165) is 104 Å². The van der Waals surface area contributed by atoms with Crippen molar-refractivity contribution in [3.05, 3.63) is 194 Å². The van der Waals surface area contributed by atoms with Gasteiger partial charge in [-0.15, -0.1) is 0 Å². The Hall–Kier alpha value is -8.53. The minimum absolute atomic E-state index is 0.570. The number of rotatable bonds is 5. The third kappa shape index (κ3) is 5.79. The number of hydrogen-bond acceptors (Lipinski definition) is 6. The SMILES string of the molecule is N#Cc1ccc2cc(-c3cc4c5ccccc5c(-c5cccc(-c6nc(-c7ccccc7)nc(-c7ccc8c(c7)oc7ccccc78)n6)c5)cc4c4cccnc34)ccc2c1. The quantitative estimate of drug-likeness (QED) is 0.162. The minimum atomic E-state index is 0.570. The molecule has 0 fully saturated rings. The lowest BCUT2D eigenvalue weighted by molar-refractivity contribution is 0.669. The fourth-order valence-corrected chi connectivity index (χ4v) is 8.81. The Kier molecular flexibility index (Phi) is 7.81. The van der Waals surface area contributed by atoms with Gasteiger partial charge in [-0.3, -0.25) is 4.98 Å². The zero-order valence-corrected chi connectivity index (χ0v) is 32.5. The summed E-state index contributed by atoms with van der Waals surface area (Å²) in [6.45, 7) is 0. The van der Waals surface area contributed by atoms with Crippen LogP contribution in [0, 0.1) is 11.3 Å². The van der Waals surface area contributed by atoms with E-state index in [-0.39, 0.29) is 0 Å². The number of aromatic nitrogens is 4. The lowest BCUT2D eigenvalue weighted by Crippen LogP contribution is -2.00. The van der Waals surface area contributed by atoms with E-state index in [1.54, 1.807) is 0 Å². The lowest BCUT2D eigenvalue weighted by Gasteiger charge is -2.16. The zero-order valence-electron chi connectivity index (χ0n) is 32.5. The molecule has 12 aromatic rings. The molecule has 0 atom stereocenters. The predicted octanol–water partition coefficient (Wildman–Crippen LogP) is 14.0. The van der Waals surface area contributed by atoms with Crippen molar-refractivity contribution < 1.29 is 4.42 Å². The molecule has 0 aliphatic rings. The zero-order chi connectivity index (χ0) is 40.4. The van der Waals surface area contributed by atoms with E-state index in [1.807, 2.05) is 85.1 Å². The van der Waals surface area contributed by atoms with Gasteiger partial charge in [0, 0.05) is 44.6 Å². The number of fused-ring (bicyclic) bond motifs is 9. The molecule has 0 amide bonds. The highest BCUT2D eigenvalue weighted by atomic mass is 16.3. The Balaban J connectivity index is 1.02. The maximum absolute atomic E-state index is 9.47. The van der Waals surface area contributed by atoms with Crippen molar-refractivity contribution in [1.82, 2.24) is 19.9 Å². The molecule has 0 saturated heterocycles. The van der Waals surface area contributed by atoms with Crippen LogP contribution in [0.5, 0.6) is 0 Å². The van der Waals surface area contributed by atoms with Crippen molar-refractivity contribution in [2.24, 2.45) is 0 Å². The highest BCUT2D eigenvalue weighted by Crippen LogP contribution is 2.42. The number of hydrogen-bond donors (Lipinski definition) is 0. The van der Waals surface area contributed by atoms with Gasteiger partial charge in [-0.2, -0.15) is 5.26 Å². The fraction of sp³-hybridized carbons (Fsp3) is 0. The van der Waals surface area contributed by atoms with Gasteiger partial charge in [0.1, 0.15) is 11.2 Å². The predicted molar refractivity (Wildman–Crippen MR) is 247 cm³/mol. The maximum Gasteiger partial charge on any atom is 0.164 e. The van der Waals surface area contributed by atoms with Gasteiger partial charge in [0.05, 0.1) is 17.1 Å². The average Bonchev–Trinajstić information content (AvgIpc) is 3.71. The first-order valence-electron chi connectivity index (χ1n) is 20.2. The van der Waals surface area contributed by atoms with Gasteiger partial charge in [0.15, 0.2) is 17.5 Å². The molecule has 0 spiro atoms. The van der Waals surface area contributed by atoms with Gasteiger partial charge in [0.2, 0.25) is 0 Å². The number of furan rings is 1. The Morgan fingerprint density at radius 1 is 0.377 bits per heavy atom. The second kappa shape index (κ2) is 13.8. The first-order valence-corrected chi connectivity index (χ1v) is 20.2. The fourth-order valence-electron chi connectivity index (χ4n) is 8.81. The van der Waals surface area contributed by atoms with Crippen LogP contribution in [0.4, 0.5) is 0 Å². The largest absolute Gasteiger partial charge is 0.456 e. The maximum atomic E-state index is 9.47. The van der Waals surface area contributed by atoms with Crippen molar-refractivity contribution in [3.63, 3.8) is 0 Å². The molecule has 0 radical (unpaired) electrons. The third-order valence-electron chi connectivity index (χ3n) is 11.7. The van der Waals surface area contributed by atoms with Crippen LogP contribution in [0.2, 0.25) is 0 Å². The van der Waals surface area contributed by atoms with Crippen molar-refractivity contribution in [1.29, 1.82) is 5.26 Å². The van der Waals surface area contributed by atoms with Gasteiger partial charge in [-0.05, 0) is 110 Å². The Labute approximate surface area is 349 Å². The lowest BCUT2D eigenvalue weighted by atomic mass is 9.88. The van der Waals surface area contributed by atoms with E-state index in [2.05, 4.69) is 109 Å². The second-order valence-corrected chi connectivity index (χ2v) is 15.3. The Morgan fingerprint density at radius 3 is 1.84 bits per heavy atom. The molecular weight excluding hydrogens is 747 g/mol. The molecule has 3 heterocycles. The summed E-state index contributed by atoms with van der Waals surface area (Å²) in [5.74, 6) is 1.75. The molecule has 61 heavy (non-hydrogen) atoms. The molecule has 0 bridgehead atoms. The molecule has 0 unspecified atom stereocenters. The summed E-state index contributed by atoms with van der Waals surface area (Å²) >= 11 is 0. The molecule has 9 aromatic carbocycles. The molecule has 282 valence electrons. The van der Waals surface area contributed by atoms with E-state index in [9.17, 15) is 5.26 Å². The Morgan fingerprint density at radius 2 is 0.984 bits per heavy atom. The molecule has 6 heteroatoms. The first kappa shape index (κ1) is 34.5. The van der Waals surface area contributed by atoms with Gasteiger partial charge >= 0.3 is 0 Å². The summed E-state index contributed by atoms with van der Waals surface area (Å²) in [5, 5.41) is 19.4.